The average Bonchev–Trinajstić information content (AvgIpc) is 3.25. The molecule has 4 unspecified atom stereocenters. The summed E-state index contributed by atoms with van der Waals surface area (Å²) in [6, 6.07) is 36.9. The van der Waals surface area contributed by atoms with Gasteiger partial charge in [0.2, 0.25) is 5.91 Å². The van der Waals surface area contributed by atoms with Gasteiger partial charge in [-0.1, -0.05) is 109 Å². The molecule has 0 aromatic heterocycles. The number of hydrogen-bond donors (Lipinski definition) is 2. The van der Waals surface area contributed by atoms with Crippen molar-refractivity contribution in [1.29, 1.82) is 0 Å². The minimum absolute atomic E-state index is 0.275. The van der Waals surface area contributed by atoms with E-state index in [1.165, 1.54) is 4.90 Å². The van der Waals surface area contributed by atoms with Gasteiger partial charge < -0.3 is 10.5 Å². The zero-order valence-electron chi connectivity index (χ0n) is 21.2. The fourth-order valence-corrected chi connectivity index (χ4v) is 5.69. The molecule has 2 aliphatic rings. The number of nitrogens with zero attached hydrogens (tertiary/aromatic N) is 2. The van der Waals surface area contributed by atoms with E-state index in [0.29, 0.717) is 5.69 Å². The van der Waals surface area contributed by atoms with Crippen molar-refractivity contribution in [2.24, 2.45) is 5.92 Å². The maximum Gasteiger partial charge on any atom is 0.254 e. The molecule has 2 heterocycles. The first-order valence-corrected chi connectivity index (χ1v) is 13.1. The Bertz CT molecular complexity index is 1420. The molecular formula is C33H29N3O3. The summed E-state index contributed by atoms with van der Waals surface area (Å²) in [7, 11) is 0. The highest BCUT2D eigenvalue weighted by Crippen LogP contribution is 2.39. The molecule has 4 aromatic carbocycles. The van der Waals surface area contributed by atoms with E-state index in [9.17, 15) is 14.7 Å². The molecule has 4 atom stereocenters. The highest BCUT2D eigenvalue weighted by atomic mass is 16.3. The number of rotatable bonds is 7. The van der Waals surface area contributed by atoms with Crippen molar-refractivity contribution in [2.45, 2.75) is 24.1 Å². The number of carbonyl (C=O) groups is 2. The second kappa shape index (κ2) is 10.7. The van der Waals surface area contributed by atoms with Gasteiger partial charge in [-0.15, -0.1) is 0 Å². The molecule has 0 saturated carbocycles. The Hall–Kier alpha value is -4.52. The predicted molar refractivity (Wildman–Crippen MR) is 152 cm³/mol. The quantitative estimate of drug-likeness (QED) is 0.268. The van der Waals surface area contributed by atoms with Gasteiger partial charge in [-0.05, 0) is 35.4 Å². The third-order valence-corrected chi connectivity index (χ3v) is 7.51. The highest BCUT2D eigenvalue weighted by Gasteiger charge is 2.54. The number of hydrazine groups is 1. The van der Waals surface area contributed by atoms with Crippen LogP contribution in [0.2, 0.25) is 0 Å². The van der Waals surface area contributed by atoms with Gasteiger partial charge >= 0.3 is 0 Å². The normalized spacial score (nSPS) is 21.7. The molecule has 2 amide bonds. The zero-order chi connectivity index (χ0) is 26.8. The molecular weight excluding hydrogens is 486 g/mol. The van der Waals surface area contributed by atoms with Crippen LogP contribution in [0, 0.1) is 5.92 Å². The van der Waals surface area contributed by atoms with Gasteiger partial charge in [0.05, 0.1) is 23.8 Å². The lowest BCUT2D eigenvalue weighted by Gasteiger charge is -2.42. The van der Waals surface area contributed by atoms with Gasteiger partial charge in [0.25, 0.3) is 5.91 Å². The first-order valence-electron chi connectivity index (χ1n) is 13.1. The summed E-state index contributed by atoms with van der Waals surface area (Å²) in [6.45, 7) is 0. The molecule has 0 bridgehead atoms. The number of hydrogen-bond acceptors (Lipinski definition) is 5. The Kier molecular flexibility index (Phi) is 6.80. The van der Waals surface area contributed by atoms with E-state index in [2.05, 4.69) is 5.43 Å². The third-order valence-electron chi connectivity index (χ3n) is 7.51. The number of amides is 2. The molecule has 0 spiro atoms. The van der Waals surface area contributed by atoms with Crippen LogP contribution in [0.3, 0.4) is 0 Å². The fourth-order valence-electron chi connectivity index (χ4n) is 5.69. The van der Waals surface area contributed by atoms with E-state index < -0.39 is 24.1 Å². The summed E-state index contributed by atoms with van der Waals surface area (Å²) in [5.41, 5.74) is 6.62. The molecule has 4 aromatic rings. The van der Waals surface area contributed by atoms with Crippen molar-refractivity contribution < 1.29 is 14.7 Å². The minimum atomic E-state index is -0.933. The topological polar surface area (TPSA) is 72.9 Å². The van der Waals surface area contributed by atoms with E-state index in [1.54, 1.807) is 23.2 Å². The SMILES string of the molecule is O=C1C2C=CC(C(O)C(c3ccccc3)c3ccccc3)N(Nc3ccccc3)C2C(=O)N1c1ccccc1. The molecule has 6 nitrogen and oxygen atoms in total. The summed E-state index contributed by atoms with van der Waals surface area (Å²) in [4.78, 5) is 28.7. The number of nitrogens with one attached hydrogen (secondary N) is 1. The van der Waals surface area contributed by atoms with Crippen LogP contribution in [-0.4, -0.2) is 40.1 Å². The van der Waals surface area contributed by atoms with Gasteiger partial charge in [-0.2, -0.15) is 0 Å². The Balaban J connectivity index is 1.42. The molecule has 2 aliphatic heterocycles. The van der Waals surface area contributed by atoms with Crippen LogP contribution in [0.25, 0.3) is 0 Å². The van der Waals surface area contributed by atoms with E-state index in [-0.39, 0.29) is 17.7 Å². The Morgan fingerprint density at radius 3 is 1.72 bits per heavy atom. The summed E-state index contributed by atoms with van der Waals surface area (Å²) < 4.78 is 0. The van der Waals surface area contributed by atoms with Gasteiger partial charge in [0, 0.05) is 11.6 Å². The highest BCUT2D eigenvalue weighted by molar-refractivity contribution is 6.24. The van der Waals surface area contributed by atoms with Crippen molar-refractivity contribution in [2.75, 3.05) is 10.3 Å². The number of para-hydroxylation sites is 2. The maximum absolute atomic E-state index is 13.9. The number of aliphatic hydroxyl groups is 1. The summed E-state index contributed by atoms with van der Waals surface area (Å²) in [5, 5.41) is 13.9. The molecule has 1 saturated heterocycles. The smallest absolute Gasteiger partial charge is 0.254 e. The average molecular weight is 516 g/mol. The molecule has 194 valence electrons. The number of benzene rings is 4. The van der Waals surface area contributed by atoms with E-state index >= 15 is 0 Å². The maximum atomic E-state index is 13.9. The van der Waals surface area contributed by atoms with E-state index in [1.807, 2.05) is 115 Å². The molecule has 6 heteroatoms. The molecule has 0 radical (unpaired) electrons. The van der Waals surface area contributed by atoms with Crippen molar-refractivity contribution in [1.82, 2.24) is 5.01 Å². The minimum Gasteiger partial charge on any atom is -0.390 e. The van der Waals surface area contributed by atoms with Gasteiger partial charge in [0.1, 0.15) is 6.04 Å². The number of fused-ring (bicyclic) bond motifs is 1. The lowest BCUT2D eigenvalue weighted by molar-refractivity contribution is -0.123. The standard InChI is InChI=1S/C33H29N3O3/c37-31(29(23-13-5-1-6-14-23)24-15-7-2-8-16-24)28-22-21-27-30(36(28)34-25-17-9-3-10-18-25)33(39)35(32(27)38)26-19-11-4-12-20-26/h1-22,27-31,34,37H. The lowest BCUT2D eigenvalue weighted by atomic mass is 9.81. The van der Waals surface area contributed by atoms with Crippen molar-refractivity contribution in [3.8, 4) is 0 Å². The zero-order valence-corrected chi connectivity index (χ0v) is 21.2. The van der Waals surface area contributed by atoms with Crippen LogP contribution in [0.15, 0.2) is 133 Å². The first-order chi connectivity index (χ1) is 19.1. The fraction of sp³-hybridized carbons (Fsp3) is 0.152. The van der Waals surface area contributed by atoms with Gasteiger partial charge in [-0.3, -0.25) is 9.59 Å². The Labute approximate surface area is 227 Å². The predicted octanol–water partition coefficient (Wildman–Crippen LogP) is 5.01. The van der Waals surface area contributed by atoms with Crippen molar-refractivity contribution in [3.63, 3.8) is 0 Å². The van der Waals surface area contributed by atoms with Crippen LogP contribution >= 0.6 is 0 Å². The number of carbonyl (C=O) groups excluding carboxylic acids is 2. The van der Waals surface area contributed by atoms with Crippen LogP contribution in [0.5, 0.6) is 0 Å². The monoisotopic (exact) mass is 515 g/mol. The summed E-state index contributed by atoms with van der Waals surface area (Å²) in [5.74, 6) is -1.64. The van der Waals surface area contributed by atoms with E-state index in [4.69, 9.17) is 0 Å². The summed E-state index contributed by atoms with van der Waals surface area (Å²) >= 11 is 0. The Morgan fingerprint density at radius 1 is 0.641 bits per heavy atom. The molecule has 0 aliphatic carbocycles. The van der Waals surface area contributed by atoms with Crippen LogP contribution < -0.4 is 10.3 Å². The second-order valence-electron chi connectivity index (χ2n) is 9.87. The van der Waals surface area contributed by atoms with Gasteiger partial charge in [-0.25, -0.2) is 9.91 Å². The van der Waals surface area contributed by atoms with Crippen LogP contribution in [0.1, 0.15) is 17.0 Å². The number of aliphatic hydroxyl groups excluding tert-OH is 1. The van der Waals surface area contributed by atoms with Crippen LogP contribution in [0.4, 0.5) is 11.4 Å². The van der Waals surface area contributed by atoms with Crippen molar-refractivity contribution >= 4 is 23.2 Å². The largest absolute Gasteiger partial charge is 0.390 e. The molecule has 39 heavy (non-hydrogen) atoms. The van der Waals surface area contributed by atoms with Gasteiger partial charge in [0.15, 0.2) is 0 Å². The number of imide groups is 1. The second-order valence-corrected chi connectivity index (χ2v) is 9.87. The third kappa shape index (κ3) is 4.65. The van der Waals surface area contributed by atoms with Crippen LogP contribution in [-0.2, 0) is 9.59 Å². The Morgan fingerprint density at radius 2 is 1.15 bits per heavy atom. The molecule has 2 N–H and O–H groups in total. The lowest BCUT2D eigenvalue weighted by Crippen LogP contribution is -2.58. The number of anilines is 2. The van der Waals surface area contributed by atoms with Crippen molar-refractivity contribution in [3.05, 3.63) is 145 Å². The molecule has 6 rings (SSSR count). The first kappa shape index (κ1) is 24.8. The molecule has 1 fully saturated rings. The summed E-state index contributed by atoms with van der Waals surface area (Å²) in [6.07, 6.45) is 2.72. The van der Waals surface area contributed by atoms with E-state index in [0.717, 1.165) is 16.8 Å².